The van der Waals surface area contributed by atoms with Gasteiger partial charge in [0.2, 0.25) is 11.8 Å². The van der Waals surface area contributed by atoms with Gasteiger partial charge in [-0.2, -0.15) is 0 Å². The van der Waals surface area contributed by atoms with Gasteiger partial charge in [-0.3, -0.25) is 14.5 Å². The van der Waals surface area contributed by atoms with Crippen LogP contribution in [0, 0.1) is 0 Å². The van der Waals surface area contributed by atoms with Gasteiger partial charge in [-0.15, -0.1) is 0 Å². The van der Waals surface area contributed by atoms with Crippen molar-refractivity contribution in [1.82, 2.24) is 9.88 Å². The lowest BCUT2D eigenvalue weighted by Crippen LogP contribution is -2.48. The average molecular weight is 393 g/mol. The highest BCUT2D eigenvalue weighted by molar-refractivity contribution is 5.96. The first-order chi connectivity index (χ1) is 14.2. The highest BCUT2D eigenvalue weighted by Crippen LogP contribution is 2.24. The lowest BCUT2D eigenvalue weighted by atomic mass is 10.1. The summed E-state index contributed by atoms with van der Waals surface area (Å²) in [5, 5.41) is 2.98. The molecule has 7 heteroatoms. The van der Waals surface area contributed by atoms with Crippen molar-refractivity contribution in [2.45, 2.75) is 19.3 Å². The molecule has 2 fully saturated rings. The molecule has 1 N–H and O–H groups in total. The van der Waals surface area contributed by atoms with Crippen LogP contribution in [0.15, 0.2) is 48.7 Å². The summed E-state index contributed by atoms with van der Waals surface area (Å²) >= 11 is 0. The van der Waals surface area contributed by atoms with Crippen molar-refractivity contribution in [3.05, 3.63) is 48.7 Å². The van der Waals surface area contributed by atoms with Gasteiger partial charge in [0.05, 0.1) is 6.54 Å². The summed E-state index contributed by atoms with van der Waals surface area (Å²) in [5.41, 5.74) is 1.59. The summed E-state index contributed by atoms with van der Waals surface area (Å²) in [4.78, 5) is 35.3. The third kappa shape index (κ3) is 4.92. The van der Waals surface area contributed by atoms with Gasteiger partial charge in [0, 0.05) is 56.7 Å². The molecule has 4 rings (SSSR count). The summed E-state index contributed by atoms with van der Waals surface area (Å²) in [7, 11) is 0. The number of carbonyl (C=O) groups excluding carboxylic acids is 2. The minimum atomic E-state index is -0.0293. The van der Waals surface area contributed by atoms with E-state index in [1.54, 1.807) is 6.20 Å². The number of nitrogens with one attached hydrogen (secondary N) is 1. The molecule has 2 amide bonds. The number of aromatic nitrogens is 1. The largest absolute Gasteiger partial charge is 0.354 e. The first-order valence-corrected chi connectivity index (χ1v) is 10.3. The molecule has 2 aromatic rings. The molecule has 1 aromatic heterocycles. The number of benzene rings is 1. The van der Waals surface area contributed by atoms with Crippen molar-refractivity contribution < 1.29 is 9.59 Å². The van der Waals surface area contributed by atoms with Gasteiger partial charge >= 0.3 is 0 Å². The van der Waals surface area contributed by atoms with E-state index in [4.69, 9.17) is 0 Å². The van der Waals surface area contributed by atoms with E-state index in [1.807, 2.05) is 47.4 Å². The number of piperidine rings is 1. The molecule has 0 atom stereocenters. The van der Waals surface area contributed by atoms with Gasteiger partial charge in [-0.1, -0.05) is 12.1 Å². The standard InChI is InChI=1S/C22H27N5O2/c28-21(17-25-12-14-26(15-13-25)20-8-1-3-10-23-20)24-18-6-5-7-19(16-18)27-11-4-2-9-22(27)29/h1,3,5-8,10,16H,2,4,9,11-15,17H2,(H,24,28). The van der Waals surface area contributed by atoms with E-state index in [0.29, 0.717) is 13.0 Å². The van der Waals surface area contributed by atoms with Gasteiger partial charge in [0.1, 0.15) is 5.82 Å². The number of amides is 2. The minimum absolute atomic E-state index is 0.0293. The van der Waals surface area contributed by atoms with Crippen molar-refractivity contribution >= 4 is 29.0 Å². The molecular weight excluding hydrogens is 366 g/mol. The van der Waals surface area contributed by atoms with Gasteiger partial charge in [-0.25, -0.2) is 4.98 Å². The number of carbonyl (C=O) groups is 2. The molecule has 0 radical (unpaired) electrons. The van der Waals surface area contributed by atoms with Crippen molar-refractivity contribution in [3.8, 4) is 0 Å². The Morgan fingerprint density at radius 1 is 1.00 bits per heavy atom. The van der Waals surface area contributed by atoms with E-state index < -0.39 is 0 Å². The zero-order chi connectivity index (χ0) is 20.1. The summed E-state index contributed by atoms with van der Waals surface area (Å²) in [6, 6.07) is 13.5. The normalized spacial score (nSPS) is 18.0. The van der Waals surface area contributed by atoms with E-state index in [2.05, 4.69) is 20.1 Å². The number of nitrogens with zero attached hydrogens (tertiary/aromatic N) is 4. The zero-order valence-electron chi connectivity index (χ0n) is 16.6. The predicted octanol–water partition coefficient (Wildman–Crippen LogP) is 2.36. The van der Waals surface area contributed by atoms with Crippen LogP contribution in [0.4, 0.5) is 17.2 Å². The van der Waals surface area contributed by atoms with Crippen LogP contribution in [0.3, 0.4) is 0 Å². The fourth-order valence-electron chi connectivity index (χ4n) is 3.91. The lowest BCUT2D eigenvalue weighted by molar-refractivity contribution is -0.119. The second-order valence-electron chi connectivity index (χ2n) is 7.55. The van der Waals surface area contributed by atoms with E-state index in [-0.39, 0.29) is 11.8 Å². The van der Waals surface area contributed by atoms with Crippen LogP contribution in [-0.2, 0) is 9.59 Å². The van der Waals surface area contributed by atoms with Crippen LogP contribution < -0.4 is 15.1 Å². The topological polar surface area (TPSA) is 68.8 Å². The quantitative estimate of drug-likeness (QED) is 0.845. The molecule has 0 bridgehead atoms. The summed E-state index contributed by atoms with van der Waals surface area (Å²) in [5.74, 6) is 1.12. The molecule has 7 nitrogen and oxygen atoms in total. The number of hydrogen-bond acceptors (Lipinski definition) is 5. The van der Waals surface area contributed by atoms with Crippen LogP contribution in [0.5, 0.6) is 0 Å². The third-order valence-corrected chi connectivity index (χ3v) is 5.48. The fraction of sp³-hybridized carbons (Fsp3) is 0.409. The summed E-state index contributed by atoms with van der Waals surface area (Å²) < 4.78 is 0. The Morgan fingerprint density at radius 3 is 2.62 bits per heavy atom. The summed E-state index contributed by atoms with van der Waals surface area (Å²) in [6.07, 6.45) is 4.38. The van der Waals surface area contributed by atoms with E-state index in [1.165, 1.54) is 0 Å². The smallest absolute Gasteiger partial charge is 0.238 e. The molecule has 0 saturated carbocycles. The predicted molar refractivity (Wildman–Crippen MR) is 114 cm³/mol. The van der Waals surface area contributed by atoms with Crippen LogP contribution in [0.25, 0.3) is 0 Å². The Balaban J connectivity index is 1.29. The molecule has 0 unspecified atom stereocenters. The maximum atomic E-state index is 12.5. The molecule has 2 aliphatic rings. The molecule has 0 aliphatic carbocycles. The molecule has 2 aliphatic heterocycles. The first kappa shape index (κ1) is 19.4. The van der Waals surface area contributed by atoms with Crippen molar-refractivity contribution in [3.63, 3.8) is 0 Å². The molecule has 152 valence electrons. The number of piperazine rings is 1. The van der Waals surface area contributed by atoms with Crippen molar-refractivity contribution in [2.75, 3.05) is 54.4 Å². The Labute approximate surface area is 171 Å². The van der Waals surface area contributed by atoms with Crippen LogP contribution in [0.1, 0.15) is 19.3 Å². The van der Waals surface area contributed by atoms with Crippen molar-refractivity contribution in [2.24, 2.45) is 0 Å². The Bertz CT molecular complexity index is 849. The molecular formula is C22H27N5O2. The zero-order valence-corrected chi connectivity index (χ0v) is 16.6. The highest BCUT2D eigenvalue weighted by Gasteiger charge is 2.21. The molecule has 0 spiro atoms. The maximum absolute atomic E-state index is 12.5. The fourth-order valence-corrected chi connectivity index (χ4v) is 3.91. The van der Waals surface area contributed by atoms with E-state index >= 15 is 0 Å². The number of rotatable bonds is 5. The minimum Gasteiger partial charge on any atom is -0.354 e. The molecule has 3 heterocycles. The Kier molecular flexibility index (Phi) is 6.05. The SMILES string of the molecule is O=C(CN1CCN(c2ccccn2)CC1)Nc1cccc(N2CCCCC2=O)c1. The van der Waals surface area contributed by atoms with E-state index in [0.717, 1.165) is 62.8 Å². The molecule has 2 saturated heterocycles. The van der Waals surface area contributed by atoms with Gasteiger partial charge in [-0.05, 0) is 43.2 Å². The maximum Gasteiger partial charge on any atom is 0.238 e. The van der Waals surface area contributed by atoms with Crippen LogP contribution in [-0.4, -0.2) is 61.0 Å². The first-order valence-electron chi connectivity index (χ1n) is 10.3. The summed E-state index contributed by atoms with van der Waals surface area (Å²) in [6.45, 7) is 4.48. The Hall–Kier alpha value is -2.93. The van der Waals surface area contributed by atoms with E-state index in [9.17, 15) is 9.59 Å². The Morgan fingerprint density at radius 2 is 1.86 bits per heavy atom. The number of anilines is 3. The second kappa shape index (κ2) is 9.05. The van der Waals surface area contributed by atoms with Gasteiger partial charge in [0.15, 0.2) is 0 Å². The highest BCUT2D eigenvalue weighted by atomic mass is 16.2. The second-order valence-corrected chi connectivity index (χ2v) is 7.55. The van der Waals surface area contributed by atoms with Gasteiger partial charge in [0.25, 0.3) is 0 Å². The van der Waals surface area contributed by atoms with Gasteiger partial charge < -0.3 is 15.1 Å². The molecule has 1 aromatic carbocycles. The monoisotopic (exact) mass is 393 g/mol. The number of hydrogen-bond donors (Lipinski definition) is 1. The molecule has 29 heavy (non-hydrogen) atoms. The van der Waals surface area contributed by atoms with Crippen LogP contribution in [0.2, 0.25) is 0 Å². The van der Waals surface area contributed by atoms with Crippen molar-refractivity contribution in [1.29, 1.82) is 0 Å². The third-order valence-electron chi connectivity index (χ3n) is 5.48. The average Bonchev–Trinajstić information content (AvgIpc) is 2.75. The lowest BCUT2D eigenvalue weighted by Gasteiger charge is -2.35. The number of pyridine rings is 1. The van der Waals surface area contributed by atoms with Crippen LogP contribution >= 0.6 is 0 Å².